The van der Waals surface area contributed by atoms with E-state index >= 15 is 0 Å². The van der Waals surface area contributed by atoms with E-state index in [1.165, 1.54) is 0 Å². The molecule has 2 N–H and O–H groups in total. The van der Waals surface area contributed by atoms with E-state index in [9.17, 15) is 9.90 Å². The van der Waals surface area contributed by atoms with Gasteiger partial charge in [-0.25, -0.2) is 15.0 Å². The van der Waals surface area contributed by atoms with E-state index in [1.807, 2.05) is 42.2 Å². The van der Waals surface area contributed by atoms with E-state index in [2.05, 4.69) is 30.2 Å². The van der Waals surface area contributed by atoms with E-state index in [0.29, 0.717) is 60.2 Å². The van der Waals surface area contributed by atoms with E-state index in [1.54, 1.807) is 36.9 Å². The fourth-order valence-electron chi connectivity index (χ4n) is 4.20. The lowest BCUT2D eigenvalue weighted by molar-refractivity contribution is -0.141. The summed E-state index contributed by atoms with van der Waals surface area (Å²) < 4.78 is 11.6. The zero-order chi connectivity index (χ0) is 26.3. The van der Waals surface area contributed by atoms with Crippen LogP contribution in [0.1, 0.15) is 19.8 Å². The van der Waals surface area contributed by atoms with Gasteiger partial charge < -0.3 is 24.8 Å². The van der Waals surface area contributed by atoms with E-state index in [0.717, 1.165) is 18.5 Å². The van der Waals surface area contributed by atoms with Crippen molar-refractivity contribution >= 4 is 23.6 Å². The highest BCUT2D eigenvalue weighted by atomic mass is 16.5. The number of hydrogen-bond donors (Lipinski definition) is 2. The third-order valence-corrected chi connectivity index (χ3v) is 5.99. The van der Waals surface area contributed by atoms with Crippen LogP contribution < -0.4 is 19.7 Å². The topological polar surface area (TPSA) is 135 Å². The van der Waals surface area contributed by atoms with Crippen LogP contribution >= 0.6 is 0 Å². The maximum atomic E-state index is 11.4. The number of nitrogens with one attached hydrogen (secondary N) is 1. The molecule has 1 atom stereocenters. The molecule has 1 aromatic carbocycles. The van der Waals surface area contributed by atoms with E-state index in [-0.39, 0.29) is 0 Å². The Balaban J connectivity index is 1.32. The van der Waals surface area contributed by atoms with Crippen LogP contribution in [0.2, 0.25) is 0 Å². The predicted molar refractivity (Wildman–Crippen MR) is 141 cm³/mol. The summed E-state index contributed by atoms with van der Waals surface area (Å²) in [6.07, 6.45) is 8.01. The molecule has 0 bridgehead atoms. The number of aromatic nitrogens is 5. The van der Waals surface area contributed by atoms with E-state index < -0.39 is 11.9 Å². The number of aliphatic carboxylic acids is 1. The Labute approximate surface area is 219 Å². The van der Waals surface area contributed by atoms with Crippen molar-refractivity contribution in [2.45, 2.75) is 19.8 Å². The fourth-order valence-corrected chi connectivity index (χ4v) is 4.20. The van der Waals surface area contributed by atoms with Crippen LogP contribution in [0, 0.1) is 5.92 Å². The van der Waals surface area contributed by atoms with Crippen molar-refractivity contribution in [3.8, 4) is 28.6 Å². The van der Waals surface area contributed by atoms with E-state index in [4.69, 9.17) is 9.47 Å². The Morgan fingerprint density at radius 2 is 2.05 bits per heavy atom. The molecule has 0 aliphatic carbocycles. The molecule has 0 unspecified atom stereocenters. The zero-order valence-electron chi connectivity index (χ0n) is 20.8. The SMILES string of the molecule is CCOc1cccnc1Oc1cccc(-c2cncc(Nc3nccc(N4CCC[C@@H](C(=O)O)C4)n3)n2)c1. The summed E-state index contributed by atoms with van der Waals surface area (Å²) in [5, 5.41) is 12.5. The summed E-state index contributed by atoms with van der Waals surface area (Å²) in [5.41, 5.74) is 1.43. The maximum absolute atomic E-state index is 11.4. The summed E-state index contributed by atoms with van der Waals surface area (Å²) in [6.45, 7) is 3.58. The monoisotopic (exact) mass is 513 g/mol. The van der Waals surface area contributed by atoms with Gasteiger partial charge in [0, 0.05) is 31.0 Å². The molecule has 1 saturated heterocycles. The quantitative estimate of drug-likeness (QED) is 0.326. The van der Waals surface area contributed by atoms with Crippen molar-refractivity contribution in [2.24, 2.45) is 5.92 Å². The summed E-state index contributed by atoms with van der Waals surface area (Å²) >= 11 is 0. The molecule has 3 aromatic heterocycles. The zero-order valence-corrected chi connectivity index (χ0v) is 20.8. The maximum Gasteiger partial charge on any atom is 0.308 e. The number of rotatable bonds is 9. The minimum atomic E-state index is -0.779. The number of carboxylic acid groups (broad SMARTS) is 1. The smallest absolute Gasteiger partial charge is 0.308 e. The third kappa shape index (κ3) is 5.94. The molecule has 11 nitrogen and oxygen atoms in total. The van der Waals surface area contributed by atoms with Gasteiger partial charge in [-0.15, -0.1) is 0 Å². The highest BCUT2D eigenvalue weighted by Crippen LogP contribution is 2.31. The second-order valence-corrected chi connectivity index (χ2v) is 8.65. The summed E-state index contributed by atoms with van der Waals surface area (Å²) in [6, 6.07) is 12.8. The lowest BCUT2D eigenvalue weighted by Crippen LogP contribution is -2.39. The normalized spacial score (nSPS) is 15.1. The van der Waals surface area contributed by atoms with Crippen LogP contribution in [0.15, 0.2) is 67.3 Å². The molecular weight excluding hydrogens is 486 g/mol. The Bertz CT molecular complexity index is 1420. The Kier molecular flexibility index (Phi) is 7.53. The molecule has 1 aliphatic rings. The number of pyridine rings is 1. The molecule has 194 valence electrons. The van der Waals surface area contributed by atoms with Gasteiger partial charge in [-0.2, -0.15) is 4.98 Å². The molecule has 0 saturated carbocycles. The van der Waals surface area contributed by atoms with Crippen molar-refractivity contribution in [3.05, 3.63) is 67.3 Å². The Morgan fingerprint density at radius 1 is 1.13 bits per heavy atom. The number of nitrogens with zero attached hydrogens (tertiary/aromatic N) is 6. The minimum absolute atomic E-state index is 0.349. The number of carboxylic acids is 1. The predicted octanol–water partition coefficient (Wildman–Crippen LogP) is 4.56. The van der Waals surface area contributed by atoms with Crippen LogP contribution in [0.3, 0.4) is 0 Å². The molecule has 0 radical (unpaired) electrons. The van der Waals surface area contributed by atoms with Gasteiger partial charge in [-0.1, -0.05) is 12.1 Å². The highest BCUT2D eigenvalue weighted by molar-refractivity contribution is 5.71. The third-order valence-electron chi connectivity index (χ3n) is 5.99. The number of carbonyl (C=O) groups is 1. The Morgan fingerprint density at radius 3 is 2.92 bits per heavy atom. The average Bonchev–Trinajstić information content (AvgIpc) is 2.95. The molecule has 38 heavy (non-hydrogen) atoms. The first-order valence-electron chi connectivity index (χ1n) is 12.3. The van der Waals surface area contributed by atoms with Crippen molar-refractivity contribution in [3.63, 3.8) is 0 Å². The first-order chi connectivity index (χ1) is 18.6. The van der Waals surface area contributed by atoms with Crippen molar-refractivity contribution in [1.29, 1.82) is 0 Å². The van der Waals surface area contributed by atoms with Gasteiger partial charge in [0.25, 0.3) is 5.88 Å². The van der Waals surface area contributed by atoms with Gasteiger partial charge in [-0.3, -0.25) is 9.78 Å². The standard InChI is InChI=1S/C27H27N7O4/c1-2-37-22-9-4-11-29-25(22)38-20-8-3-6-18(14-20)21-15-28-16-23(31-21)32-27-30-12-10-24(33-27)34-13-5-7-19(17-34)26(35)36/h3-4,6,8-12,14-16,19H,2,5,7,13,17H2,1H3,(H,35,36)(H,30,31,32,33)/t19-/m1/s1. The number of anilines is 3. The number of hydrogen-bond acceptors (Lipinski definition) is 10. The van der Waals surface area contributed by atoms with Gasteiger partial charge in [0.15, 0.2) is 11.6 Å². The van der Waals surface area contributed by atoms with Gasteiger partial charge in [-0.05, 0) is 50.1 Å². The van der Waals surface area contributed by atoms with Crippen LogP contribution in [-0.4, -0.2) is 55.7 Å². The first kappa shape index (κ1) is 24.9. The summed E-state index contributed by atoms with van der Waals surface area (Å²) in [4.78, 5) is 35.6. The van der Waals surface area contributed by atoms with Gasteiger partial charge in [0.2, 0.25) is 5.95 Å². The fraction of sp³-hybridized carbons (Fsp3) is 0.259. The second kappa shape index (κ2) is 11.5. The van der Waals surface area contributed by atoms with Crippen LogP contribution in [0.5, 0.6) is 17.4 Å². The molecule has 1 aliphatic heterocycles. The molecule has 1 fully saturated rings. The molecule has 4 aromatic rings. The largest absolute Gasteiger partial charge is 0.488 e. The van der Waals surface area contributed by atoms with Gasteiger partial charge >= 0.3 is 5.97 Å². The lowest BCUT2D eigenvalue weighted by atomic mass is 9.98. The Hall–Kier alpha value is -4.80. The van der Waals surface area contributed by atoms with Gasteiger partial charge in [0.1, 0.15) is 11.6 Å². The molecule has 4 heterocycles. The van der Waals surface area contributed by atoms with Crippen LogP contribution in [0.25, 0.3) is 11.3 Å². The molecule has 11 heteroatoms. The lowest BCUT2D eigenvalue weighted by Gasteiger charge is -2.31. The molecule has 0 spiro atoms. The van der Waals surface area contributed by atoms with Crippen LogP contribution in [-0.2, 0) is 4.79 Å². The average molecular weight is 514 g/mol. The number of piperidine rings is 1. The number of benzene rings is 1. The second-order valence-electron chi connectivity index (χ2n) is 8.65. The molecule has 0 amide bonds. The van der Waals surface area contributed by atoms with Crippen LogP contribution in [0.4, 0.5) is 17.6 Å². The summed E-state index contributed by atoms with van der Waals surface area (Å²) in [7, 11) is 0. The van der Waals surface area contributed by atoms with Crippen molar-refractivity contribution in [1.82, 2.24) is 24.9 Å². The highest BCUT2D eigenvalue weighted by Gasteiger charge is 2.26. The molecule has 5 rings (SSSR count). The van der Waals surface area contributed by atoms with Gasteiger partial charge in [0.05, 0.1) is 30.6 Å². The molecular formula is C27H27N7O4. The van der Waals surface area contributed by atoms with Crippen molar-refractivity contribution in [2.75, 3.05) is 29.9 Å². The minimum Gasteiger partial charge on any atom is -0.488 e. The number of ether oxygens (including phenoxy) is 2. The van der Waals surface area contributed by atoms with Crippen molar-refractivity contribution < 1.29 is 19.4 Å². The first-order valence-corrected chi connectivity index (χ1v) is 12.3. The summed E-state index contributed by atoms with van der Waals surface area (Å²) in [5.74, 6) is 1.84.